The molecule has 2 saturated heterocycles. The monoisotopic (exact) mass is 307 g/mol. The first kappa shape index (κ1) is 14.4. The third-order valence-corrected chi connectivity index (χ3v) is 4.53. The molecule has 21 heavy (non-hydrogen) atoms. The molecule has 1 saturated carbocycles. The predicted octanol–water partition coefficient (Wildman–Crippen LogP) is 1.20. The molecule has 0 unspecified atom stereocenters. The molecule has 4 rings (SSSR count). The normalized spacial score (nSPS) is 31.0. The third kappa shape index (κ3) is 2.21. The predicted molar refractivity (Wildman–Crippen MR) is 80.4 cm³/mol. The molecule has 1 aromatic rings. The van der Waals surface area contributed by atoms with Crippen molar-refractivity contribution in [3.63, 3.8) is 0 Å². The topological polar surface area (TPSA) is 52.7 Å². The lowest BCUT2D eigenvalue weighted by Gasteiger charge is -2.26. The molecule has 1 aromatic carbocycles. The molecule has 0 radical (unpaired) electrons. The summed E-state index contributed by atoms with van der Waals surface area (Å²) in [6.45, 7) is 1.99. The molecule has 3 amide bonds. The van der Waals surface area contributed by atoms with Crippen LogP contribution in [0.25, 0.3) is 0 Å². The summed E-state index contributed by atoms with van der Waals surface area (Å²) in [5, 5.41) is 3.19. The second kappa shape index (κ2) is 5.31. The van der Waals surface area contributed by atoms with Crippen molar-refractivity contribution >= 4 is 24.3 Å². The molecule has 3 atom stereocenters. The second-order valence-corrected chi connectivity index (χ2v) is 5.72. The van der Waals surface area contributed by atoms with E-state index in [1.54, 1.807) is 4.90 Å². The summed E-state index contributed by atoms with van der Waals surface area (Å²) in [7, 11) is 0. The fraction of sp³-hybridized carbons (Fsp3) is 0.467. The zero-order valence-electron chi connectivity index (χ0n) is 11.6. The van der Waals surface area contributed by atoms with Gasteiger partial charge in [0.2, 0.25) is 0 Å². The highest BCUT2D eigenvalue weighted by Crippen LogP contribution is 2.46. The zero-order valence-corrected chi connectivity index (χ0v) is 12.4. The van der Waals surface area contributed by atoms with Crippen molar-refractivity contribution in [2.75, 3.05) is 19.6 Å². The number of carbonyl (C=O) groups is 2. The molecule has 6 heteroatoms. The van der Waals surface area contributed by atoms with Gasteiger partial charge in [-0.15, -0.1) is 12.4 Å². The number of hydrogen-bond acceptors (Lipinski definition) is 3. The van der Waals surface area contributed by atoms with Gasteiger partial charge in [0, 0.05) is 31.6 Å². The van der Waals surface area contributed by atoms with Gasteiger partial charge in [0.15, 0.2) is 0 Å². The summed E-state index contributed by atoms with van der Waals surface area (Å²) in [5.74, 6) is 0.295. The second-order valence-electron chi connectivity index (χ2n) is 5.72. The van der Waals surface area contributed by atoms with E-state index in [4.69, 9.17) is 0 Å². The van der Waals surface area contributed by atoms with E-state index in [2.05, 4.69) is 17.4 Å². The van der Waals surface area contributed by atoms with Crippen molar-refractivity contribution in [3.8, 4) is 0 Å². The highest BCUT2D eigenvalue weighted by atomic mass is 35.5. The smallest absolute Gasteiger partial charge is 0.312 e. The van der Waals surface area contributed by atoms with Gasteiger partial charge in [0.05, 0.1) is 0 Å². The van der Waals surface area contributed by atoms with Gasteiger partial charge < -0.3 is 10.2 Å². The van der Waals surface area contributed by atoms with Gasteiger partial charge >= 0.3 is 6.03 Å². The summed E-state index contributed by atoms with van der Waals surface area (Å²) in [4.78, 5) is 28.1. The van der Waals surface area contributed by atoms with Gasteiger partial charge in [-0.05, 0) is 12.0 Å². The number of imide groups is 1. The Morgan fingerprint density at radius 1 is 1.14 bits per heavy atom. The molecule has 3 fully saturated rings. The van der Waals surface area contributed by atoms with E-state index in [9.17, 15) is 9.59 Å². The number of halogens is 1. The number of urea groups is 1. The maximum atomic E-state index is 12.4. The Morgan fingerprint density at radius 3 is 2.62 bits per heavy atom. The summed E-state index contributed by atoms with van der Waals surface area (Å²) in [6.07, 6.45) is 0.898. The Bertz CT molecular complexity index is 541. The zero-order chi connectivity index (χ0) is 13.7. The van der Waals surface area contributed by atoms with Crippen molar-refractivity contribution in [2.24, 2.45) is 0 Å². The number of carbonyl (C=O) groups excluding carboxylic acids is 2. The average molecular weight is 308 g/mol. The number of nitrogens with zero attached hydrogens (tertiary/aromatic N) is 2. The van der Waals surface area contributed by atoms with Crippen LogP contribution in [-0.4, -0.2) is 53.5 Å². The largest absolute Gasteiger partial charge is 0.327 e. The Kier molecular flexibility index (Phi) is 3.63. The Hall–Kier alpha value is -1.59. The Balaban J connectivity index is 0.00000132. The van der Waals surface area contributed by atoms with Gasteiger partial charge in [0.1, 0.15) is 6.04 Å². The molecule has 3 aliphatic rings. The lowest BCUT2D eigenvalue weighted by molar-refractivity contribution is -0.128. The lowest BCUT2D eigenvalue weighted by Crippen LogP contribution is -2.51. The fourth-order valence-corrected chi connectivity index (χ4v) is 3.38. The number of hydrogen-bond donors (Lipinski definition) is 1. The van der Waals surface area contributed by atoms with Crippen LogP contribution in [0.1, 0.15) is 17.9 Å². The van der Waals surface area contributed by atoms with Crippen molar-refractivity contribution in [1.82, 2.24) is 15.1 Å². The van der Waals surface area contributed by atoms with Crippen LogP contribution >= 0.6 is 12.4 Å². The number of amides is 3. The van der Waals surface area contributed by atoms with E-state index >= 15 is 0 Å². The summed E-state index contributed by atoms with van der Waals surface area (Å²) >= 11 is 0. The molecular weight excluding hydrogens is 290 g/mol. The summed E-state index contributed by atoms with van der Waals surface area (Å²) < 4.78 is 0. The van der Waals surface area contributed by atoms with Crippen LogP contribution in [0.4, 0.5) is 4.79 Å². The maximum Gasteiger partial charge on any atom is 0.327 e. The van der Waals surface area contributed by atoms with Crippen LogP contribution in [0.3, 0.4) is 0 Å². The molecule has 0 bridgehead atoms. The average Bonchev–Trinajstić information content (AvgIpc) is 3.24. The molecule has 1 aliphatic carbocycles. The number of piperazine rings is 1. The Labute approximate surface area is 129 Å². The molecule has 1 N–H and O–H groups in total. The highest BCUT2D eigenvalue weighted by Gasteiger charge is 2.55. The van der Waals surface area contributed by atoms with Crippen molar-refractivity contribution in [1.29, 1.82) is 0 Å². The van der Waals surface area contributed by atoms with E-state index in [-0.39, 0.29) is 36.4 Å². The van der Waals surface area contributed by atoms with Crippen LogP contribution in [0.2, 0.25) is 0 Å². The highest BCUT2D eigenvalue weighted by molar-refractivity contribution is 6.05. The quantitative estimate of drug-likeness (QED) is 0.835. The Morgan fingerprint density at radius 2 is 1.90 bits per heavy atom. The number of nitrogens with one attached hydrogen (secondary N) is 1. The SMILES string of the molecule is Cl.O=C1[C@@H]2CNCCN2C(=O)N1[C@H]1C[C@@H]1c1ccccc1. The number of fused-ring (bicyclic) bond motifs is 1. The van der Waals surface area contributed by atoms with E-state index in [0.717, 1.165) is 13.0 Å². The first-order chi connectivity index (χ1) is 9.77. The van der Waals surface area contributed by atoms with Gasteiger partial charge in [-0.1, -0.05) is 30.3 Å². The van der Waals surface area contributed by atoms with E-state index in [1.807, 2.05) is 18.2 Å². The minimum Gasteiger partial charge on any atom is -0.312 e. The van der Waals surface area contributed by atoms with Crippen molar-refractivity contribution < 1.29 is 9.59 Å². The first-order valence-electron chi connectivity index (χ1n) is 7.16. The molecule has 2 heterocycles. The number of benzene rings is 1. The minimum atomic E-state index is -0.284. The van der Waals surface area contributed by atoms with Crippen LogP contribution in [-0.2, 0) is 4.79 Å². The van der Waals surface area contributed by atoms with E-state index in [1.165, 1.54) is 10.5 Å². The van der Waals surface area contributed by atoms with Crippen molar-refractivity contribution in [2.45, 2.75) is 24.4 Å². The van der Waals surface area contributed by atoms with Crippen LogP contribution in [0.15, 0.2) is 30.3 Å². The van der Waals surface area contributed by atoms with E-state index in [0.29, 0.717) is 19.0 Å². The molecule has 112 valence electrons. The van der Waals surface area contributed by atoms with E-state index < -0.39 is 0 Å². The fourth-order valence-electron chi connectivity index (χ4n) is 3.38. The molecule has 5 nitrogen and oxygen atoms in total. The summed E-state index contributed by atoms with van der Waals surface area (Å²) in [5.41, 5.74) is 1.22. The summed E-state index contributed by atoms with van der Waals surface area (Å²) in [6, 6.07) is 9.83. The van der Waals surface area contributed by atoms with Crippen LogP contribution < -0.4 is 5.32 Å². The molecular formula is C15H18ClN3O2. The maximum absolute atomic E-state index is 12.4. The number of rotatable bonds is 2. The third-order valence-electron chi connectivity index (χ3n) is 4.53. The molecule has 2 aliphatic heterocycles. The minimum absolute atomic E-state index is 0. The molecule has 0 spiro atoms. The van der Waals surface area contributed by atoms with Crippen LogP contribution in [0.5, 0.6) is 0 Å². The molecule has 0 aromatic heterocycles. The first-order valence-corrected chi connectivity index (χ1v) is 7.16. The standard InChI is InChI=1S/C15H17N3O2.ClH/c19-14-13-9-16-6-7-17(13)15(20)18(14)12-8-11(12)10-4-2-1-3-5-10;/h1-5,11-13,16H,6-9H2;1H/t11-,12+,13+;/m1./s1. The van der Waals surface area contributed by atoms with Gasteiger partial charge in [0.25, 0.3) is 5.91 Å². The van der Waals surface area contributed by atoms with Gasteiger partial charge in [-0.25, -0.2) is 4.79 Å². The van der Waals surface area contributed by atoms with Gasteiger partial charge in [-0.3, -0.25) is 9.69 Å². The van der Waals surface area contributed by atoms with Crippen molar-refractivity contribution in [3.05, 3.63) is 35.9 Å². The van der Waals surface area contributed by atoms with Gasteiger partial charge in [-0.2, -0.15) is 0 Å². The van der Waals surface area contributed by atoms with Crippen LogP contribution in [0, 0.1) is 0 Å². The lowest BCUT2D eigenvalue weighted by atomic mass is 10.1.